The minimum Gasteiger partial charge on any atom is -0.442 e. The van der Waals surface area contributed by atoms with Crippen molar-refractivity contribution >= 4 is 52.4 Å². The molecule has 3 amide bonds. The van der Waals surface area contributed by atoms with Crippen molar-refractivity contribution in [2.45, 2.75) is 99.9 Å². The number of aryl methyl sites for hydroxylation is 3. The number of carbonyl (C=O) groups is 3. The van der Waals surface area contributed by atoms with Gasteiger partial charge in [0, 0.05) is 0 Å². The Morgan fingerprint density at radius 1 is 0.426 bits per heavy atom. The Hall–Kier alpha value is -5.91. The van der Waals surface area contributed by atoms with Crippen molar-refractivity contribution in [2.24, 2.45) is 0 Å². The smallest absolute Gasteiger partial charge is 0.433 e. The summed E-state index contributed by atoms with van der Waals surface area (Å²) in [6.07, 6.45) is -1.93. The predicted molar refractivity (Wildman–Crippen MR) is 217 cm³/mol. The fourth-order valence-electron chi connectivity index (χ4n) is 5.19. The van der Waals surface area contributed by atoms with E-state index < -0.39 is 35.1 Å². The number of hydrazine groups is 3. The van der Waals surface area contributed by atoms with Crippen LogP contribution < -0.4 is 31.3 Å². The van der Waals surface area contributed by atoms with Gasteiger partial charge in [0.1, 0.15) is 16.8 Å². The average molecular weight is 739 g/mol. The van der Waals surface area contributed by atoms with E-state index in [0.29, 0.717) is 34.1 Å². The minimum atomic E-state index is -0.793. The number of ether oxygens (including phenoxy) is 3. The van der Waals surface area contributed by atoms with Crippen LogP contribution in [0, 0.1) is 20.8 Å². The normalized spacial score (nSPS) is 11.6. The molecule has 0 aliphatic rings. The number of hydrogen-bond donors (Lipinski definition) is 3. The van der Waals surface area contributed by atoms with Gasteiger partial charge in [0.2, 0.25) is 0 Å². The molecule has 4 aromatic carbocycles. The molecule has 0 heterocycles. The molecule has 0 spiro atoms. The highest BCUT2D eigenvalue weighted by atomic mass is 16.6. The zero-order valence-corrected chi connectivity index (χ0v) is 33.5. The van der Waals surface area contributed by atoms with Gasteiger partial charge < -0.3 is 14.2 Å². The van der Waals surface area contributed by atoms with Crippen LogP contribution in [0.15, 0.2) is 91.0 Å². The van der Waals surface area contributed by atoms with Crippen LogP contribution in [0.2, 0.25) is 0 Å². The third-order valence-electron chi connectivity index (χ3n) is 7.45. The summed E-state index contributed by atoms with van der Waals surface area (Å²) in [5.41, 5.74) is 12.7. The zero-order valence-electron chi connectivity index (χ0n) is 33.5. The highest BCUT2D eigenvalue weighted by molar-refractivity contribution is 5.95. The molecule has 3 N–H and O–H groups in total. The monoisotopic (exact) mass is 738 g/mol. The number of rotatable bonds is 9. The number of nitrogens with zero attached hydrogens (tertiary/aromatic N) is 3. The quantitative estimate of drug-likeness (QED) is 0.114. The lowest BCUT2D eigenvalue weighted by Gasteiger charge is -2.32. The van der Waals surface area contributed by atoms with Crippen molar-refractivity contribution in [3.05, 3.63) is 108 Å². The first kappa shape index (κ1) is 40.9. The van der Waals surface area contributed by atoms with Gasteiger partial charge in [0.15, 0.2) is 0 Å². The van der Waals surface area contributed by atoms with Crippen LogP contribution in [0.4, 0.5) is 48.5 Å². The zero-order chi connectivity index (χ0) is 40.0. The van der Waals surface area contributed by atoms with Gasteiger partial charge in [-0.1, -0.05) is 54.6 Å². The number of carbonyl (C=O) groups excluding carboxylic acids is 3. The minimum absolute atomic E-state index is 0.402. The summed E-state index contributed by atoms with van der Waals surface area (Å²) in [5, 5.41) is 3.97. The maximum absolute atomic E-state index is 13.8. The van der Waals surface area contributed by atoms with Gasteiger partial charge in [-0.15, -0.1) is 0 Å². The molecule has 0 aliphatic carbocycles. The molecular weight excluding hydrogens is 684 g/mol. The summed E-state index contributed by atoms with van der Waals surface area (Å²) >= 11 is 0. The van der Waals surface area contributed by atoms with Crippen LogP contribution in [0.5, 0.6) is 0 Å². The Labute approximate surface area is 319 Å². The SMILES string of the molecule is Cc1ccccc1N(Nc1cc(NN(C(=O)OC(C)(C)C)c2ccccc2C)cc(NN(C(=O)OC(C)(C)C)c2ccccc2C)c1)C(=O)OC(C)(C)C. The van der Waals surface area contributed by atoms with E-state index in [0.717, 1.165) is 16.7 Å². The molecule has 12 nitrogen and oxygen atoms in total. The number of para-hydroxylation sites is 3. The van der Waals surface area contributed by atoms with E-state index in [1.165, 1.54) is 15.0 Å². The van der Waals surface area contributed by atoms with Crippen LogP contribution >= 0.6 is 0 Å². The summed E-state index contributed by atoms with van der Waals surface area (Å²) in [4.78, 5) is 41.4. The fourth-order valence-corrected chi connectivity index (χ4v) is 5.19. The van der Waals surface area contributed by atoms with Crippen molar-refractivity contribution in [1.29, 1.82) is 0 Å². The Balaban J connectivity index is 1.90. The first-order valence-corrected chi connectivity index (χ1v) is 17.8. The third kappa shape index (κ3) is 11.5. The van der Waals surface area contributed by atoms with E-state index in [2.05, 4.69) is 16.3 Å². The van der Waals surface area contributed by atoms with Crippen LogP contribution in [-0.2, 0) is 14.2 Å². The first-order valence-electron chi connectivity index (χ1n) is 17.8. The molecule has 288 valence electrons. The molecule has 0 saturated heterocycles. The molecule has 0 bridgehead atoms. The highest BCUT2D eigenvalue weighted by Gasteiger charge is 2.29. The van der Waals surface area contributed by atoms with Crippen molar-refractivity contribution in [3.8, 4) is 0 Å². The number of benzene rings is 4. The van der Waals surface area contributed by atoms with E-state index in [1.807, 2.05) is 75.4 Å². The van der Waals surface area contributed by atoms with E-state index >= 15 is 0 Å². The van der Waals surface area contributed by atoms with E-state index in [-0.39, 0.29) is 0 Å². The van der Waals surface area contributed by atoms with Crippen molar-refractivity contribution in [1.82, 2.24) is 0 Å². The van der Waals surface area contributed by atoms with Crippen molar-refractivity contribution in [3.63, 3.8) is 0 Å². The lowest BCUT2D eigenvalue weighted by Crippen LogP contribution is -2.42. The number of amides is 3. The maximum Gasteiger partial charge on any atom is 0.433 e. The Morgan fingerprint density at radius 2 is 0.648 bits per heavy atom. The molecule has 0 fully saturated rings. The first-order chi connectivity index (χ1) is 25.1. The van der Waals surface area contributed by atoms with Crippen LogP contribution in [0.25, 0.3) is 0 Å². The van der Waals surface area contributed by atoms with Gasteiger partial charge in [-0.05, 0) is 136 Å². The van der Waals surface area contributed by atoms with E-state index in [9.17, 15) is 14.4 Å². The maximum atomic E-state index is 13.8. The second-order valence-corrected chi connectivity index (χ2v) is 15.9. The summed E-state index contributed by atoms with van der Waals surface area (Å²) < 4.78 is 17.5. The topological polar surface area (TPSA) is 125 Å². The predicted octanol–water partition coefficient (Wildman–Crippen LogP) is 10.9. The Morgan fingerprint density at radius 3 is 0.852 bits per heavy atom. The highest BCUT2D eigenvalue weighted by Crippen LogP contribution is 2.32. The van der Waals surface area contributed by atoms with Gasteiger partial charge in [-0.25, -0.2) is 14.4 Å². The van der Waals surface area contributed by atoms with Gasteiger partial charge in [-0.3, -0.25) is 16.3 Å². The van der Waals surface area contributed by atoms with Gasteiger partial charge >= 0.3 is 18.3 Å². The molecule has 4 rings (SSSR count). The molecule has 0 radical (unpaired) electrons. The molecule has 4 aromatic rings. The van der Waals surface area contributed by atoms with Crippen LogP contribution in [-0.4, -0.2) is 35.1 Å². The summed E-state index contributed by atoms with van der Waals surface area (Å²) in [6, 6.07) is 27.4. The Bertz CT molecular complexity index is 1730. The Kier molecular flexibility index (Phi) is 12.4. The number of anilines is 6. The van der Waals surface area contributed by atoms with Gasteiger partial charge in [-0.2, -0.15) is 15.0 Å². The van der Waals surface area contributed by atoms with Crippen molar-refractivity contribution in [2.75, 3.05) is 31.3 Å². The largest absolute Gasteiger partial charge is 0.442 e. The molecular formula is C42H54N6O6. The second-order valence-electron chi connectivity index (χ2n) is 15.9. The summed E-state index contributed by atoms with van der Waals surface area (Å²) in [6.45, 7) is 21.8. The van der Waals surface area contributed by atoms with E-state index in [4.69, 9.17) is 14.2 Å². The average Bonchev–Trinajstić information content (AvgIpc) is 3.04. The standard InChI is InChI=1S/C42H54N6O6/c1-28-19-13-16-22-34(28)46(37(49)52-40(4,5)6)43-31-25-32(44-47(38(50)53-41(7,8)9)35-23-17-14-20-29(35)2)27-33(26-31)45-48(39(51)54-42(10,11)12)36-24-18-15-21-30(36)3/h13-27,43-45H,1-12H3. The molecule has 0 saturated carbocycles. The lowest BCUT2D eigenvalue weighted by atomic mass is 10.2. The van der Waals surface area contributed by atoms with Crippen LogP contribution in [0.1, 0.15) is 79.0 Å². The fraction of sp³-hybridized carbons (Fsp3) is 0.357. The van der Waals surface area contributed by atoms with E-state index in [1.54, 1.807) is 98.7 Å². The molecule has 0 unspecified atom stereocenters. The lowest BCUT2D eigenvalue weighted by molar-refractivity contribution is 0.0578. The molecule has 0 aromatic heterocycles. The summed E-state index contributed by atoms with van der Waals surface area (Å²) in [7, 11) is 0. The number of hydrogen-bond acceptors (Lipinski definition) is 9. The van der Waals surface area contributed by atoms with Gasteiger partial charge in [0.25, 0.3) is 0 Å². The van der Waals surface area contributed by atoms with Gasteiger partial charge in [0.05, 0.1) is 34.1 Å². The molecule has 0 aliphatic heterocycles. The van der Waals surface area contributed by atoms with Crippen LogP contribution in [0.3, 0.4) is 0 Å². The number of nitrogens with one attached hydrogen (secondary N) is 3. The molecule has 54 heavy (non-hydrogen) atoms. The second kappa shape index (κ2) is 16.4. The molecule has 0 atom stereocenters. The molecule has 12 heteroatoms. The summed E-state index contributed by atoms with van der Waals surface area (Å²) in [5.74, 6) is 0. The third-order valence-corrected chi connectivity index (χ3v) is 7.45. The van der Waals surface area contributed by atoms with Crippen molar-refractivity contribution < 1.29 is 28.6 Å².